The maximum absolute atomic E-state index is 11.3. The number of methoxy groups -OCH3 is 2. The number of carbonyl (C=O) groups excluding carboxylic acids is 3. The van der Waals surface area contributed by atoms with Crippen LogP contribution in [0.5, 0.6) is 0 Å². The number of nitro benzene ring substituents is 2. The normalized spacial score (nSPS) is 16.2. The molecule has 2 aliphatic heterocycles. The quantitative estimate of drug-likeness (QED) is 0.0327. The van der Waals surface area contributed by atoms with E-state index in [4.69, 9.17) is 0 Å². The zero-order valence-corrected chi connectivity index (χ0v) is 42.0. The Kier molecular flexibility index (Phi) is 17.6. The maximum atomic E-state index is 11.3. The number of non-ortho nitro benzene ring substituents is 2. The molecule has 8 rings (SSSR count). The van der Waals surface area contributed by atoms with Crippen LogP contribution in [0.25, 0.3) is 34.0 Å². The van der Waals surface area contributed by atoms with Crippen molar-refractivity contribution in [2.24, 2.45) is 0 Å². The van der Waals surface area contributed by atoms with Crippen molar-refractivity contribution >= 4 is 63.6 Å². The first-order chi connectivity index (χ1) is 33.8. The molecular weight excluding hydrogens is 901 g/mol. The first-order valence-corrected chi connectivity index (χ1v) is 24.0. The van der Waals surface area contributed by atoms with Crippen molar-refractivity contribution in [1.82, 2.24) is 20.2 Å². The van der Waals surface area contributed by atoms with E-state index in [1.54, 1.807) is 30.4 Å². The van der Waals surface area contributed by atoms with Crippen molar-refractivity contribution in [2.75, 3.05) is 33.9 Å². The van der Waals surface area contributed by atoms with Gasteiger partial charge in [-0.2, -0.15) is 0 Å². The van der Waals surface area contributed by atoms with E-state index in [-0.39, 0.29) is 39.1 Å². The highest BCUT2D eigenvalue weighted by molar-refractivity contribution is 5.90. The third-order valence-corrected chi connectivity index (χ3v) is 12.9. The van der Waals surface area contributed by atoms with E-state index in [9.17, 15) is 34.6 Å². The fourth-order valence-corrected chi connectivity index (χ4v) is 9.38. The van der Waals surface area contributed by atoms with Gasteiger partial charge in [0, 0.05) is 94.5 Å². The van der Waals surface area contributed by atoms with Crippen LogP contribution in [0.15, 0.2) is 97.1 Å². The molecule has 15 heteroatoms. The number of aldehydes is 1. The van der Waals surface area contributed by atoms with Gasteiger partial charge in [-0.3, -0.25) is 25.1 Å². The molecule has 2 atom stereocenters. The number of hydrogen-bond donors (Lipinski definition) is 3. The Labute approximate surface area is 415 Å². The van der Waals surface area contributed by atoms with Crippen LogP contribution < -0.4 is 5.32 Å². The van der Waals surface area contributed by atoms with Crippen molar-refractivity contribution < 1.29 is 33.7 Å². The average molecular weight is 967 g/mol. The molecule has 2 aromatic heterocycles. The number of aromatic amines is 2. The zero-order chi connectivity index (χ0) is 51.5. The summed E-state index contributed by atoms with van der Waals surface area (Å²) < 4.78 is 9.20. The second-order valence-electron chi connectivity index (χ2n) is 19.9. The van der Waals surface area contributed by atoms with Gasteiger partial charge < -0.3 is 29.6 Å². The number of fused-ring (bicyclic) bond motifs is 2. The first kappa shape index (κ1) is 53.1. The summed E-state index contributed by atoms with van der Waals surface area (Å²) in [6, 6.07) is 27.3. The molecule has 2 fully saturated rings. The summed E-state index contributed by atoms with van der Waals surface area (Å²) in [7, 11) is 2.75. The number of nitro groups is 2. The SMILES string of the molecule is CC(C)(C)c1[nH]c2cc([N+](=O)[O-])ccc2c1CC=O.COC(=O)/C=C/c1ccc(C2CCCN2)cc1.COC(=O)/C=C/c1ccc(C2CCCN2CCc2c(C(C)(C)C)[nH]c3cc([N+](=O)[O-])ccc23)cc1. The van der Waals surface area contributed by atoms with Crippen LogP contribution in [0.4, 0.5) is 11.4 Å². The standard InChI is InChI=1S/C28H33N3O4.C14H16N2O3.C14H17NO2/c1-28(2,3)27-23(22-13-12-21(31(33)34)18-24(22)29-27)15-17-30-16-5-6-25(30)20-10-7-19(8-11-20)9-14-26(32)35-4;1-14(2,3)13-11(6-7-17)10-5-4-9(16(18)19)8-12(10)15-13;1-17-14(16)9-6-11-4-7-12(8-5-11)13-3-2-10-15-13/h7-14,18,25,29H,5-6,15-17H2,1-4H3;4-5,7-8,15H,6H2,1-3H3;4-9,13,15H,2-3,10H2,1H3/b14-9+;;9-6+. The molecule has 15 nitrogen and oxygen atoms in total. The van der Waals surface area contributed by atoms with Gasteiger partial charge in [0.2, 0.25) is 0 Å². The Morgan fingerprint density at radius 1 is 0.690 bits per heavy atom. The number of carbonyl (C=O) groups is 3. The molecular formula is C56H66N6O9. The van der Waals surface area contributed by atoms with Crippen LogP contribution in [0.1, 0.15) is 124 Å². The lowest BCUT2D eigenvalue weighted by atomic mass is 9.88. The Hall–Kier alpha value is -7.23. The summed E-state index contributed by atoms with van der Waals surface area (Å²) in [6.45, 7) is 15.7. The van der Waals surface area contributed by atoms with Gasteiger partial charge in [-0.05, 0) is 103 Å². The van der Waals surface area contributed by atoms with Gasteiger partial charge in [-0.15, -0.1) is 0 Å². The van der Waals surface area contributed by atoms with Crippen LogP contribution >= 0.6 is 0 Å². The fraction of sp³-hybridized carbons (Fsp3) is 0.375. The number of H-pyrrole nitrogens is 2. The van der Waals surface area contributed by atoms with Gasteiger partial charge in [-0.25, -0.2) is 9.59 Å². The third kappa shape index (κ3) is 13.8. The highest BCUT2D eigenvalue weighted by atomic mass is 16.6. The van der Waals surface area contributed by atoms with Crippen molar-refractivity contribution in [2.45, 2.75) is 103 Å². The fourth-order valence-electron chi connectivity index (χ4n) is 9.38. The van der Waals surface area contributed by atoms with Crippen molar-refractivity contribution in [3.05, 3.63) is 162 Å². The molecule has 374 valence electrons. The van der Waals surface area contributed by atoms with Gasteiger partial charge in [0.15, 0.2) is 0 Å². The second-order valence-corrected chi connectivity index (χ2v) is 19.9. The summed E-state index contributed by atoms with van der Waals surface area (Å²) in [6.07, 6.45) is 13.2. The zero-order valence-electron chi connectivity index (χ0n) is 42.0. The van der Waals surface area contributed by atoms with E-state index in [0.717, 1.165) is 89.6 Å². The Balaban J connectivity index is 0.000000193. The summed E-state index contributed by atoms with van der Waals surface area (Å²) in [5.41, 5.74) is 10.3. The van der Waals surface area contributed by atoms with Gasteiger partial charge >= 0.3 is 11.9 Å². The van der Waals surface area contributed by atoms with E-state index in [1.807, 2.05) is 51.1 Å². The van der Waals surface area contributed by atoms with Crippen molar-refractivity contribution in [3.8, 4) is 0 Å². The molecule has 3 N–H and O–H groups in total. The second kappa shape index (κ2) is 23.6. The van der Waals surface area contributed by atoms with Crippen LogP contribution in [0.3, 0.4) is 0 Å². The molecule has 0 bridgehead atoms. The minimum atomic E-state index is -0.420. The summed E-state index contributed by atoms with van der Waals surface area (Å²) in [4.78, 5) is 63.7. The molecule has 2 aliphatic rings. The number of nitrogens with one attached hydrogen (secondary N) is 3. The van der Waals surface area contributed by atoms with Crippen LogP contribution in [0, 0.1) is 20.2 Å². The monoisotopic (exact) mass is 966 g/mol. The molecule has 0 radical (unpaired) electrons. The number of hydrogen-bond acceptors (Lipinski definition) is 11. The van der Waals surface area contributed by atoms with E-state index in [2.05, 4.69) is 74.7 Å². The van der Waals surface area contributed by atoms with E-state index in [1.165, 1.54) is 68.0 Å². The topological polar surface area (TPSA) is 203 Å². The van der Waals surface area contributed by atoms with Gasteiger partial charge in [0.05, 0.1) is 35.1 Å². The first-order valence-electron chi connectivity index (χ1n) is 24.0. The van der Waals surface area contributed by atoms with Crippen LogP contribution in [0.2, 0.25) is 0 Å². The Bertz CT molecular complexity index is 2890. The van der Waals surface area contributed by atoms with Gasteiger partial charge in [0.1, 0.15) is 6.29 Å². The predicted molar refractivity (Wildman–Crippen MR) is 279 cm³/mol. The van der Waals surface area contributed by atoms with Gasteiger partial charge in [-0.1, -0.05) is 90.1 Å². The number of nitrogens with zero attached hydrogens (tertiary/aromatic N) is 3. The summed E-state index contributed by atoms with van der Waals surface area (Å²) >= 11 is 0. The lowest BCUT2D eigenvalue weighted by molar-refractivity contribution is -0.384. The average Bonchev–Trinajstić information content (AvgIpc) is 4.19. The molecule has 2 unspecified atom stereocenters. The molecule has 2 saturated heterocycles. The number of likely N-dealkylation sites (tertiary alicyclic amines) is 1. The lowest BCUT2D eigenvalue weighted by Crippen LogP contribution is -2.26. The smallest absolute Gasteiger partial charge is 0.330 e. The number of aromatic nitrogens is 2. The molecule has 0 saturated carbocycles. The number of esters is 2. The molecule has 71 heavy (non-hydrogen) atoms. The third-order valence-electron chi connectivity index (χ3n) is 12.9. The Morgan fingerprint density at radius 3 is 1.63 bits per heavy atom. The predicted octanol–water partition coefficient (Wildman–Crippen LogP) is 11.4. The van der Waals surface area contributed by atoms with E-state index >= 15 is 0 Å². The highest BCUT2D eigenvalue weighted by Gasteiger charge is 2.29. The largest absolute Gasteiger partial charge is 0.466 e. The Morgan fingerprint density at radius 2 is 1.18 bits per heavy atom. The maximum Gasteiger partial charge on any atom is 0.330 e. The van der Waals surface area contributed by atoms with Crippen LogP contribution in [-0.2, 0) is 47.5 Å². The van der Waals surface area contributed by atoms with E-state index < -0.39 is 4.92 Å². The number of ether oxygens (including phenoxy) is 2. The minimum absolute atomic E-state index is 0.0480. The summed E-state index contributed by atoms with van der Waals surface area (Å²) in [5, 5.41) is 27.5. The molecule has 0 spiro atoms. The molecule has 0 aliphatic carbocycles. The van der Waals surface area contributed by atoms with Gasteiger partial charge in [0.25, 0.3) is 11.4 Å². The van der Waals surface area contributed by atoms with E-state index in [0.29, 0.717) is 24.0 Å². The summed E-state index contributed by atoms with van der Waals surface area (Å²) in [5.74, 6) is -0.691. The van der Waals surface area contributed by atoms with Crippen molar-refractivity contribution in [3.63, 3.8) is 0 Å². The minimum Gasteiger partial charge on any atom is -0.466 e. The molecule has 6 aromatic rings. The molecule has 4 heterocycles. The molecule has 0 amide bonds. The van der Waals surface area contributed by atoms with Crippen molar-refractivity contribution in [1.29, 1.82) is 0 Å². The highest BCUT2D eigenvalue weighted by Crippen LogP contribution is 2.37. The van der Waals surface area contributed by atoms with Crippen LogP contribution in [-0.4, -0.2) is 76.8 Å². The molecule has 4 aromatic carbocycles. The lowest BCUT2D eigenvalue weighted by Gasteiger charge is -2.26. The number of rotatable bonds is 13. The number of benzene rings is 4.